The van der Waals surface area contributed by atoms with Crippen LogP contribution in [0.3, 0.4) is 0 Å². The molecule has 0 bridgehead atoms. The Morgan fingerprint density at radius 1 is 1.16 bits per heavy atom. The Morgan fingerprint density at radius 3 is 2.77 bits per heavy atom. The second-order valence-corrected chi connectivity index (χ2v) is 7.93. The Hall–Kier alpha value is -3.03. The van der Waals surface area contributed by atoms with Gasteiger partial charge in [-0.25, -0.2) is 9.97 Å². The second-order valence-electron chi connectivity index (χ2n) is 7.52. The number of hydrogen-bond donors (Lipinski definition) is 2. The molecule has 1 saturated carbocycles. The highest BCUT2D eigenvalue weighted by Gasteiger charge is 2.25. The SMILES string of the molecule is O=C(N[C@H]1CCCC[C@@H]1O)c1ccc(Cl)c(OCc2cncc(-c3ncccn3)c2)c1. The highest BCUT2D eigenvalue weighted by molar-refractivity contribution is 6.32. The van der Waals surface area contributed by atoms with Crippen molar-refractivity contribution in [3.05, 3.63) is 71.3 Å². The average Bonchev–Trinajstić information content (AvgIpc) is 2.81. The summed E-state index contributed by atoms with van der Waals surface area (Å²) in [6.45, 7) is 0.222. The molecule has 0 spiro atoms. The summed E-state index contributed by atoms with van der Waals surface area (Å²) in [5, 5.41) is 13.4. The van der Waals surface area contributed by atoms with Gasteiger partial charge < -0.3 is 15.2 Å². The largest absolute Gasteiger partial charge is 0.487 e. The van der Waals surface area contributed by atoms with Gasteiger partial charge >= 0.3 is 0 Å². The maximum atomic E-state index is 12.7. The fourth-order valence-electron chi connectivity index (χ4n) is 3.58. The lowest BCUT2D eigenvalue weighted by Crippen LogP contribution is -2.45. The molecule has 0 radical (unpaired) electrons. The summed E-state index contributed by atoms with van der Waals surface area (Å²) >= 11 is 6.28. The fraction of sp³-hybridized carbons (Fsp3) is 0.304. The summed E-state index contributed by atoms with van der Waals surface area (Å²) in [7, 11) is 0. The first-order valence-corrected chi connectivity index (χ1v) is 10.6. The third kappa shape index (κ3) is 5.37. The van der Waals surface area contributed by atoms with Crippen LogP contribution in [0, 0.1) is 0 Å². The van der Waals surface area contributed by atoms with Crippen LogP contribution >= 0.6 is 11.6 Å². The minimum atomic E-state index is -0.505. The van der Waals surface area contributed by atoms with E-state index < -0.39 is 6.10 Å². The van der Waals surface area contributed by atoms with Gasteiger partial charge in [0, 0.05) is 41.5 Å². The number of aliphatic hydroxyl groups is 1. The van der Waals surface area contributed by atoms with Crippen LogP contribution in [0.25, 0.3) is 11.4 Å². The van der Waals surface area contributed by atoms with Crippen molar-refractivity contribution in [1.29, 1.82) is 0 Å². The molecule has 2 heterocycles. The molecule has 1 fully saturated rings. The van der Waals surface area contributed by atoms with Crippen LogP contribution in [0.5, 0.6) is 5.75 Å². The highest BCUT2D eigenvalue weighted by Crippen LogP contribution is 2.27. The van der Waals surface area contributed by atoms with Gasteiger partial charge in [-0.3, -0.25) is 9.78 Å². The summed E-state index contributed by atoms with van der Waals surface area (Å²) in [5.74, 6) is 0.732. The molecule has 8 heteroatoms. The zero-order valence-electron chi connectivity index (χ0n) is 16.9. The van der Waals surface area contributed by atoms with E-state index in [4.69, 9.17) is 16.3 Å². The average molecular weight is 439 g/mol. The molecule has 160 valence electrons. The zero-order chi connectivity index (χ0) is 21.6. The molecule has 2 atom stereocenters. The smallest absolute Gasteiger partial charge is 0.251 e. The third-order valence-electron chi connectivity index (χ3n) is 5.25. The second kappa shape index (κ2) is 9.85. The molecule has 0 saturated heterocycles. The maximum Gasteiger partial charge on any atom is 0.251 e. The van der Waals surface area contributed by atoms with E-state index in [0.717, 1.165) is 30.4 Å². The molecule has 2 N–H and O–H groups in total. The van der Waals surface area contributed by atoms with Gasteiger partial charge in [-0.1, -0.05) is 24.4 Å². The number of nitrogens with one attached hydrogen (secondary N) is 1. The van der Waals surface area contributed by atoms with E-state index in [-0.39, 0.29) is 18.6 Å². The first-order valence-electron chi connectivity index (χ1n) is 10.2. The van der Waals surface area contributed by atoms with E-state index in [2.05, 4.69) is 20.3 Å². The maximum absolute atomic E-state index is 12.7. The van der Waals surface area contributed by atoms with Crippen molar-refractivity contribution in [1.82, 2.24) is 20.3 Å². The van der Waals surface area contributed by atoms with Crippen molar-refractivity contribution < 1.29 is 14.6 Å². The topological polar surface area (TPSA) is 97.2 Å². The third-order valence-corrected chi connectivity index (χ3v) is 5.56. The molecule has 2 aromatic heterocycles. The van der Waals surface area contributed by atoms with Gasteiger partial charge in [0.2, 0.25) is 0 Å². The number of amides is 1. The molecular weight excluding hydrogens is 416 g/mol. The van der Waals surface area contributed by atoms with Crippen molar-refractivity contribution in [2.75, 3.05) is 0 Å². The summed E-state index contributed by atoms with van der Waals surface area (Å²) in [4.78, 5) is 25.3. The van der Waals surface area contributed by atoms with Crippen molar-refractivity contribution in [3.63, 3.8) is 0 Å². The van der Waals surface area contributed by atoms with Crippen molar-refractivity contribution >= 4 is 17.5 Å². The van der Waals surface area contributed by atoms with E-state index in [0.29, 0.717) is 28.6 Å². The first-order chi connectivity index (χ1) is 15.1. The number of halogens is 1. The molecule has 31 heavy (non-hydrogen) atoms. The number of rotatable bonds is 6. The minimum absolute atomic E-state index is 0.222. The van der Waals surface area contributed by atoms with Gasteiger partial charge in [0.15, 0.2) is 5.82 Å². The summed E-state index contributed by atoms with van der Waals surface area (Å²) in [5.41, 5.74) is 2.04. The van der Waals surface area contributed by atoms with E-state index in [1.807, 2.05) is 6.07 Å². The molecule has 3 aromatic rings. The standard InChI is InChI=1S/C23H23ClN4O3/c24-18-7-6-16(23(30)28-19-4-1-2-5-20(19)29)11-21(18)31-14-15-10-17(13-25-12-15)22-26-8-3-9-27-22/h3,6-13,19-20,29H,1-2,4-5,14H2,(H,28,30)/t19-,20-/m0/s1. The van der Waals surface area contributed by atoms with Crippen molar-refractivity contribution in [2.24, 2.45) is 0 Å². The number of carbonyl (C=O) groups is 1. The lowest BCUT2D eigenvalue weighted by Gasteiger charge is -2.28. The Labute approximate surface area is 185 Å². The van der Waals surface area contributed by atoms with Crippen LogP contribution in [0.15, 0.2) is 55.1 Å². The number of pyridine rings is 1. The van der Waals surface area contributed by atoms with Gasteiger partial charge in [0.05, 0.1) is 17.2 Å². The number of hydrogen-bond acceptors (Lipinski definition) is 6. The Bertz CT molecular complexity index is 1050. The van der Waals surface area contributed by atoms with Crippen LogP contribution in [0.2, 0.25) is 5.02 Å². The van der Waals surface area contributed by atoms with Gasteiger partial charge in [-0.15, -0.1) is 0 Å². The summed E-state index contributed by atoms with van der Waals surface area (Å²) in [6.07, 6.45) is 9.70. The molecule has 0 aliphatic heterocycles. The number of ether oxygens (including phenoxy) is 1. The number of nitrogens with zero attached hydrogens (tertiary/aromatic N) is 3. The quantitative estimate of drug-likeness (QED) is 0.607. The molecule has 1 aliphatic carbocycles. The minimum Gasteiger partial charge on any atom is -0.487 e. The lowest BCUT2D eigenvalue weighted by atomic mass is 9.92. The van der Waals surface area contributed by atoms with Crippen LogP contribution in [0.4, 0.5) is 0 Å². The van der Waals surface area contributed by atoms with Crippen molar-refractivity contribution in [3.8, 4) is 17.1 Å². The Morgan fingerprint density at radius 2 is 1.97 bits per heavy atom. The number of benzene rings is 1. The highest BCUT2D eigenvalue weighted by atomic mass is 35.5. The van der Waals surface area contributed by atoms with Gasteiger partial charge in [0.1, 0.15) is 12.4 Å². The Kier molecular flexibility index (Phi) is 6.74. The van der Waals surface area contributed by atoms with Crippen molar-refractivity contribution in [2.45, 2.75) is 44.4 Å². The fourth-order valence-corrected chi connectivity index (χ4v) is 3.76. The van der Waals surface area contributed by atoms with Gasteiger partial charge in [-0.05, 0) is 43.2 Å². The number of aliphatic hydroxyl groups excluding tert-OH is 1. The van der Waals surface area contributed by atoms with Crippen LogP contribution < -0.4 is 10.1 Å². The molecular formula is C23H23ClN4O3. The molecule has 7 nitrogen and oxygen atoms in total. The molecule has 4 rings (SSSR count). The monoisotopic (exact) mass is 438 g/mol. The number of aromatic nitrogens is 3. The predicted octanol–water partition coefficient (Wildman–Crippen LogP) is 3.80. The predicted molar refractivity (Wildman–Crippen MR) is 117 cm³/mol. The lowest BCUT2D eigenvalue weighted by molar-refractivity contribution is 0.0717. The zero-order valence-corrected chi connectivity index (χ0v) is 17.6. The number of carbonyl (C=O) groups excluding carboxylic acids is 1. The van der Waals surface area contributed by atoms with E-state index >= 15 is 0 Å². The molecule has 1 amide bonds. The van der Waals surface area contributed by atoms with Crippen LogP contribution in [-0.4, -0.2) is 38.1 Å². The van der Waals surface area contributed by atoms with Crippen LogP contribution in [0.1, 0.15) is 41.6 Å². The first kappa shape index (κ1) is 21.2. The molecule has 1 aliphatic rings. The van der Waals surface area contributed by atoms with Gasteiger partial charge in [0.25, 0.3) is 5.91 Å². The van der Waals surface area contributed by atoms with E-state index in [9.17, 15) is 9.90 Å². The van der Waals surface area contributed by atoms with E-state index in [1.54, 1.807) is 49.1 Å². The summed E-state index contributed by atoms with van der Waals surface area (Å²) < 4.78 is 5.87. The van der Waals surface area contributed by atoms with Crippen LogP contribution in [-0.2, 0) is 6.61 Å². The Balaban J connectivity index is 1.44. The normalized spacial score (nSPS) is 18.4. The molecule has 1 aromatic carbocycles. The van der Waals surface area contributed by atoms with Gasteiger partial charge in [-0.2, -0.15) is 0 Å². The van der Waals surface area contributed by atoms with E-state index in [1.165, 1.54) is 0 Å². The molecule has 0 unspecified atom stereocenters. The summed E-state index contributed by atoms with van der Waals surface area (Å²) in [6, 6.07) is 8.32.